The van der Waals surface area contributed by atoms with Crippen molar-refractivity contribution < 1.29 is 4.79 Å². The molecule has 1 aliphatic heterocycles. The summed E-state index contributed by atoms with van der Waals surface area (Å²) in [5, 5.41) is 0.496. The highest BCUT2D eigenvalue weighted by atomic mass is 35.5. The van der Waals surface area contributed by atoms with Crippen molar-refractivity contribution in [3.8, 4) is 0 Å². The van der Waals surface area contributed by atoms with Gasteiger partial charge in [0.2, 0.25) is 0 Å². The number of hydrogen-bond donors (Lipinski definition) is 2. The highest BCUT2D eigenvalue weighted by molar-refractivity contribution is 6.34. The van der Waals surface area contributed by atoms with Gasteiger partial charge >= 0.3 is 0 Å². The molecule has 0 unspecified atom stereocenters. The van der Waals surface area contributed by atoms with Crippen LogP contribution in [-0.2, 0) is 0 Å². The lowest BCUT2D eigenvalue weighted by Gasteiger charge is -2.22. The van der Waals surface area contributed by atoms with Crippen LogP contribution in [0.15, 0.2) is 12.1 Å². The standard InChI is InChI=1S/C11H14ClN3O/c12-9-6-7(13)5-8(11(14)16)10(9)15-3-1-2-4-15/h5-6H,1-4,13H2,(H2,14,16). The van der Waals surface area contributed by atoms with E-state index in [1.807, 2.05) is 0 Å². The fraction of sp³-hybridized carbons (Fsp3) is 0.364. The summed E-state index contributed by atoms with van der Waals surface area (Å²) in [5.74, 6) is -0.490. The molecule has 0 saturated carbocycles. The molecule has 0 aromatic heterocycles. The molecule has 1 amide bonds. The van der Waals surface area contributed by atoms with Gasteiger partial charge in [-0.1, -0.05) is 11.6 Å². The summed E-state index contributed by atoms with van der Waals surface area (Å²) in [6.45, 7) is 1.81. The summed E-state index contributed by atoms with van der Waals surface area (Å²) in [7, 11) is 0. The summed E-state index contributed by atoms with van der Waals surface area (Å²) in [6.07, 6.45) is 2.22. The highest BCUT2D eigenvalue weighted by Crippen LogP contribution is 2.34. The topological polar surface area (TPSA) is 72.3 Å². The van der Waals surface area contributed by atoms with Crippen LogP contribution in [-0.4, -0.2) is 19.0 Å². The minimum absolute atomic E-state index is 0.409. The van der Waals surface area contributed by atoms with E-state index in [-0.39, 0.29) is 0 Å². The van der Waals surface area contributed by atoms with E-state index < -0.39 is 5.91 Å². The van der Waals surface area contributed by atoms with E-state index in [0.717, 1.165) is 31.6 Å². The molecule has 0 spiro atoms. The predicted octanol–water partition coefficient (Wildman–Crippen LogP) is 1.62. The van der Waals surface area contributed by atoms with Gasteiger partial charge in [-0.25, -0.2) is 0 Å². The number of halogens is 1. The zero-order valence-electron chi connectivity index (χ0n) is 8.87. The van der Waals surface area contributed by atoms with Gasteiger partial charge in [0.1, 0.15) is 0 Å². The van der Waals surface area contributed by atoms with Gasteiger partial charge in [0.15, 0.2) is 0 Å². The minimum atomic E-state index is -0.490. The Bertz CT molecular complexity index is 427. The molecule has 1 heterocycles. The Balaban J connectivity index is 2.52. The number of primary amides is 1. The van der Waals surface area contributed by atoms with Crippen molar-refractivity contribution in [3.63, 3.8) is 0 Å². The Morgan fingerprint density at radius 1 is 1.31 bits per heavy atom. The molecule has 1 aromatic carbocycles. The summed E-state index contributed by atoms with van der Waals surface area (Å²) < 4.78 is 0. The van der Waals surface area contributed by atoms with Crippen LogP contribution in [0.2, 0.25) is 5.02 Å². The molecule has 0 aliphatic carbocycles. The van der Waals surface area contributed by atoms with Gasteiger partial charge in [0.05, 0.1) is 16.3 Å². The SMILES string of the molecule is NC(=O)c1cc(N)cc(Cl)c1N1CCCC1. The predicted molar refractivity (Wildman–Crippen MR) is 65.8 cm³/mol. The molecule has 2 rings (SSSR count). The van der Waals surface area contributed by atoms with Gasteiger partial charge in [-0.2, -0.15) is 0 Å². The molecular formula is C11H14ClN3O. The Morgan fingerprint density at radius 3 is 2.50 bits per heavy atom. The molecule has 0 bridgehead atoms. The molecule has 4 N–H and O–H groups in total. The van der Waals surface area contributed by atoms with Crippen LogP contribution in [0.3, 0.4) is 0 Å². The van der Waals surface area contributed by atoms with Crippen molar-refractivity contribution in [2.75, 3.05) is 23.7 Å². The Hall–Kier alpha value is -1.42. The number of rotatable bonds is 2. The largest absolute Gasteiger partial charge is 0.399 e. The van der Waals surface area contributed by atoms with Crippen molar-refractivity contribution in [2.24, 2.45) is 5.73 Å². The quantitative estimate of drug-likeness (QED) is 0.771. The molecule has 1 fully saturated rings. The van der Waals surface area contributed by atoms with E-state index in [9.17, 15) is 4.79 Å². The first-order chi connectivity index (χ1) is 7.59. The molecule has 0 radical (unpaired) electrons. The molecule has 86 valence electrons. The zero-order chi connectivity index (χ0) is 11.7. The number of nitrogens with zero attached hydrogens (tertiary/aromatic N) is 1. The van der Waals surface area contributed by atoms with Gasteiger partial charge in [0, 0.05) is 18.8 Å². The second-order valence-corrected chi connectivity index (χ2v) is 4.36. The first kappa shape index (κ1) is 11.1. The first-order valence-corrected chi connectivity index (χ1v) is 5.61. The van der Waals surface area contributed by atoms with Crippen molar-refractivity contribution in [2.45, 2.75) is 12.8 Å². The Kier molecular flexibility index (Phi) is 2.92. The summed E-state index contributed by atoms with van der Waals surface area (Å²) in [4.78, 5) is 13.4. The number of carbonyl (C=O) groups is 1. The molecule has 4 nitrogen and oxygen atoms in total. The molecule has 5 heteroatoms. The van der Waals surface area contributed by atoms with Gasteiger partial charge in [0.25, 0.3) is 5.91 Å². The van der Waals surface area contributed by atoms with Crippen LogP contribution in [0.4, 0.5) is 11.4 Å². The second-order valence-electron chi connectivity index (χ2n) is 3.96. The lowest BCUT2D eigenvalue weighted by molar-refractivity contribution is 0.100. The van der Waals surface area contributed by atoms with Crippen molar-refractivity contribution in [1.82, 2.24) is 0 Å². The Morgan fingerprint density at radius 2 is 1.94 bits per heavy atom. The number of nitrogens with two attached hydrogens (primary N) is 2. The van der Waals surface area contributed by atoms with Crippen molar-refractivity contribution in [3.05, 3.63) is 22.7 Å². The number of nitrogen functional groups attached to an aromatic ring is 1. The van der Waals surface area contributed by atoms with E-state index in [1.165, 1.54) is 0 Å². The Labute approximate surface area is 99.2 Å². The third-order valence-electron chi connectivity index (χ3n) is 2.77. The van der Waals surface area contributed by atoms with Gasteiger partial charge in [-0.05, 0) is 25.0 Å². The fourth-order valence-corrected chi connectivity index (χ4v) is 2.42. The maximum Gasteiger partial charge on any atom is 0.250 e. The normalized spacial score (nSPS) is 15.4. The van der Waals surface area contributed by atoms with Gasteiger partial charge in [-0.15, -0.1) is 0 Å². The molecule has 1 saturated heterocycles. The number of carbonyl (C=O) groups excluding carboxylic acids is 1. The van der Waals surface area contributed by atoms with Crippen LogP contribution in [0.1, 0.15) is 23.2 Å². The number of anilines is 2. The third-order valence-corrected chi connectivity index (χ3v) is 3.06. The summed E-state index contributed by atoms with van der Waals surface area (Å²) in [6, 6.07) is 3.24. The van der Waals surface area contributed by atoms with Crippen LogP contribution >= 0.6 is 11.6 Å². The zero-order valence-corrected chi connectivity index (χ0v) is 9.63. The van der Waals surface area contributed by atoms with Gasteiger partial charge in [-0.3, -0.25) is 4.79 Å². The number of amides is 1. The molecular weight excluding hydrogens is 226 g/mol. The van der Waals surface area contributed by atoms with E-state index in [0.29, 0.717) is 16.3 Å². The minimum Gasteiger partial charge on any atom is -0.399 e. The van der Waals surface area contributed by atoms with E-state index in [2.05, 4.69) is 4.90 Å². The van der Waals surface area contributed by atoms with E-state index in [1.54, 1.807) is 12.1 Å². The van der Waals surface area contributed by atoms with Crippen LogP contribution in [0, 0.1) is 0 Å². The van der Waals surface area contributed by atoms with Gasteiger partial charge < -0.3 is 16.4 Å². The fourth-order valence-electron chi connectivity index (χ4n) is 2.07. The molecule has 16 heavy (non-hydrogen) atoms. The molecule has 1 aromatic rings. The van der Waals surface area contributed by atoms with Crippen molar-refractivity contribution >= 4 is 28.9 Å². The molecule has 1 aliphatic rings. The van der Waals surface area contributed by atoms with Crippen molar-refractivity contribution in [1.29, 1.82) is 0 Å². The highest BCUT2D eigenvalue weighted by Gasteiger charge is 2.21. The van der Waals surface area contributed by atoms with Crippen LogP contribution in [0.25, 0.3) is 0 Å². The average molecular weight is 240 g/mol. The monoisotopic (exact) mass is 239 g/mol. The summed E-state index contributed by atoms with van der Waals surface area (Å²) >= 11 is 6.13. The number of hydrogen-bond acceptors (Lipinski definition) is 3. The lowest BCUT2D eigenvalue weighted by Crippen LogP contribution is -2.23. The second kappa shape index (κ2) is 4.22. The maximum atomic E-state index is 11.4. The first-order valence-electron chi connectivity index (χ1n) is 5.23. The van der Waals surface area contributed by atoms with Crippen LogP contribution in [0.5, 0.6) is 0 Å². The lowest BCUT2D eigenvalue weighted by atomic mass is 10.1. The number of benzene rings is 1. The maximum absolute atomic E-state index is 11.4. The van der Waals surface area contributed by atoms with E-state index >= 15 is 0 Å². The smallest absolute Gasteiger partial charge is 0.250 e. The summed E-state index contributed by atoms with van der Waals surface area (Å²) in [5.41, 5.74) is 12.6. The van der Waals surface area contributed by atoms with Crippen LogP contribution < -0.4 is 16.4 Å². The van der Waals surface area contributed by atoms with E-state index in [4.69, 9.17) is 23.1 Å². The third kappa shape index (κ3) is 1.93. The molecule has 0 atom stereocenters. The average Bonchev–Trinajstić information content (AvgIpc) is 2.69.